The summed E-state index contributed by atoms with van der Waals surface area (Å²) in [5, 5.41) is 13.1. The van der Waals surface area contributed by atoms with Crippen LogP contribution in [0.3, 0.4) is 0 Å². The molecule has 4 rings (SSSR count). The first-order valence-electron chi connectivity index (χ1n) is 11.9. The molecule has 0 spiro atoms. The predicted molar refractivity (Wildman–Crippen MR) is 122 cm³/mol. The van der Waals surface area contributed by atoms with Crippen LogP contribution in [-0.2, 0) is 5.54 Å². The van der Waals surface area contributed by atoms with Crippen molar-refractivity contribution in [3.05, 3.63) is 35.7 Å². The molecule has 1 aliphatic carbocycles. The summed E-state index contributed by atoms with van der Waals surface area (Å²) in [6.45, 7) is 10.8. The molecule has 0 bridgehead atoms. The number of aromatic nitrogens is 4. The molecule has 0 N–H and O–H groups in total. The summed E-state index contributed by atoms with van der Waals surface area (Å²) in [4.78, 5) is 5.26. The second kappa shape index (κ2) is 9.65. The fraction of sp³-hybridized carbons (Fsp3) is 0.708. The molecule has 170 valence electrons. The van der Waals surface area contributed by atoms with Gasteiger partial charge in [0.25, 0.3) is 0 Å². The third-order valence-electron chi connectivity index (χ3n) is 7.42. The molecule has 2 fully saturated rings. The first-order valence-corrected chi connectivity index (χ1v) is 11.9. The minimum atomic E-state index is -0.150. The van der Waals surface area contributed by atoms with Gasteiger partial charge < -0.3 is 4.74 Å². The van der Waals surface area contributed by atoms with Crippen LogP contribution in [0.4, 0.5) is 0 Å². The van der Waals surface area contributed by atoms with Crippen LogP contribution in [0, 0.1) is 0 Å². The van der Waals surface area contributed by atoms with Crippen molar-refractivity contribution in [2.75, 3.05) is 33.3 Å². The molecular formula is C24H38N6O. The maximum absolute atomic E-state index is 5.77. The van der Waals surface area contributed by atoms with Crippen LogP contribution in [0.1, 0.15) is 76.7 Å². The summed E-state index contributed by atoms with van der Waals surface area (Å²) in [5.41, 5.74) is 0.988. The van der Waals surface area contributed by atoms with E-state index in [0.717, 1.165) is 55.8 Å². The van der Waals surface area contributed by atoms with E-state index in [2.05, 4.69) is 58.2 Å². The number of hydrogen-bond acceptors (Lipinski definition) is 6. The lowest BCUT2D eigenvalue weighted by molar-refractivity contribution is 0.0600. The molecule has 2 heterocycles. The van der Waals surface area contributed by atoms with Crippen molar-refractivity contribution in [2.24, 2.45) is 0 Å². The Morgan fingerprint density at radius 3 is 2.45 bits per heavy atom. The van der Waals surface area contributed by atoms with E-state index in [9.17, 15) is 0 Å². The average molecular weight is 427 g/mol. The van der Waals surface area contributed by atoms with Crippen molar-refractivity contribution in [1.29, 1.82) is 0 Å². The summed E-state index contributed by atoms with van der Waals surface area (Å²) in [6.07, 6.45) is 7.85. The Morgan fingerprint density at radius 1 is 1.06 bits per heavy atom. The second-order valence-corrected chi connectivity index (χ2v) is 9.62. The minimum Gasteiger partial charge on any atom is -0.496 e. The normalized spacial score (nSPS) is 20.6. The topological polar surface area (TPSA) is 59.3 Å². The van der Waals surface area contributed by atoms with Crippen LogP contribution >= 0.6 is 0 Å². The Morgan fingerprint density at radius 2 is 1.77 bits per heavy atom. The van der Waals surface area contributed by atoms with Crippen molar-refractivity contribution in [3.63, 3.8) is 0 Å². The van der Waals surface area contributed by atoms with Crippen molar-refractivity contribution >= 4 is 0 Å². The molecule has 2 aromatic rings. The van der Waals surface area contributed by atoms with Gasteiger partial charge in [0.15, 0.2) is 5.82 Å². The zero-order valence-corrected chi connectivity index (χ0v) is 19.6. The van der Waals surface area contributed by atoms with Gasteiger partial charge in [0.1, 0.15) is 11.8 Å². The Balaban J connectivity index is 1.64. The zero-order valence-electron chi connectivity index (χ0n) is 19.6. The third-order valence-corrected chi connectivity index (χ3v) is 7.42. The number of benzene rings is 1. The molecule has 7 heteroatoms. The van der Waals surface area contributed by atoms with E-state index in [1.807, 2.05) is 16.8 Å². The Hall–Kier alpha value is -1.99. The first kappa shape index (κ1) is 22.2. The highest BCUT2D eigenvalue weighted by atomic mass is 16.5. The average Bonchev–Trinajstić information content (AvgIpc) is 3.31. The summed E-state index contributed by atoms with van der Waals surface area (Å²) in [5.74, 6) is 1.80. The molecule has 1 aliphatic heterocycles. The first-order chi connectivity index (χ1) is 15.0. The number of para-hydroxylation sites is 1. The van der Waals surface area contributed by atoms with Gasteiger partial charge in [-0.1, -0.05) is 44.4 Å². The number of hydrogen-bond donors (Lipinski definition) is 0. The van der Waals surface area contributed by atoms with Gasteiger partial charge in [-0.25, -0.2) is 4.68 Å². The van der Waals surface area contributed by atoms with E-state index < -0.39 is 0 Å². The molecule has 1 saturated carbocycles. The van der Waals surface area contributed by atoms with Crippen LogP contribution in [0.15, 0.2) is 24.3 Å². The van der Waals surface area contributed by atoms with Gasteiger partial charge in [-0.2, -0.15) is 0 Å². The molecule has 0 amide bonds. The lowest BCUT2D eigenvalue weighted by Gasteiger charge is -2.43. The van der Waals surface area contributed by atoms with Gasteiger partial charge in [-0.05, 0) is 49.6 Å². The number of nitrogens with zero attached hydrogens (tertiary/aromatic N) is 6. The van der Waals surface area contributed by atoms with Gasteiger partial charge in [-0.3, -0.25) is 9.80 Å². The highest BCUT2D eigenvalue weighted by Crippen LogP contribution is 2.36. The van der Waals surface area contributed by atoms with E-state index in [-0.39, 0.29) is 11.6 Å². The van der Waals surface area contributed by atoms with Crippen LogP contribution in [0.2, 0.25) is 0 Å². The maximum Gasteiger partial charge on any atom is 0.173 e. The highest BCUT2D eigenvalue weighted by Gasteiger charge is 2.36. The molecule has 0 radical (unpaired) electrons. The van der Waals surface area contributed by atoms with Crippen molar-refractivity contribution < 1.29 is 4.74 Å². The van der Waals surface area contributed by atoms with Crippen LogP contribution < -0.4 is 4.74 Å². The quantitative estimate of drug-likeness (QED) is 0.670. The highest BCUT2D eigenvalue weighted by molar-refractivity contribution is 5.39. The van der Waals surface area contributed by atoms with Crippen molar-refractivity contribution in [3.8, 4) is 5.75 Å². The van der Waals surface area contributed by atoms with Crippen LogP contribution in [0.5, 0.6) is 5.75 Å². The number of ether oxygens (including phenoxy) is 1. The second-order valence-electron chi connectivity index (χ2n) is 9.62. The molecule has 1 atom stereocenters. The SMILES string of the molecule is CCC(C)(C)n1nnnc1[C@H](c1ccccc1OC)N1CCN(C2CCCCC2)CC1. The minimum absolute atomic E-state index is 0.0227. The Bertz CT molecular complexity index is 836. The fourth-order valence-corrected chi connectivity index (χ4v) is 5.14. The molecule has 1 aromatic heterocycles. The zero-order chi connectivity index (χ0) is 21.8. The largest absolute Gasteiger partial charge is 0.496 e. The van der Waals surface area contributed by atoms with Gasteiger partial charge in [-0.15, -0.1) is 5.10 Å². The molecule has 7 nitrogen and oxygen atoms in total. The number of piperazine rings is 1. The summed E-state index contributed by atoms with van der Waals surface area (Å²) in [6, 6.07) is 9.06. The number of tetrazole rings is 1. The Labute approximate surface area is 186 Å². The van der Waals surface area contributed by atoms with Gasteiger partial charge >= 0.3 is 0 Å². The lowest BCUT2D eigenvalue weighted by atomic mass is 9.93. The van der Waals surface area contributed by atoms with E-state index in [1.165, 1.54) is 32.1 Å². The molecular weight excluding hydrogens is 388 g/mol. The standard InChI is InChI=1S/C24H38N6O/c1-5-24(2,3)30-23(25-26-27-30)22(20-13-9-10-14-21(20)31-4)29-17-15-28(16-18-29)19-11-7-6-8-12-19/h9-10,13-14,19,22H,5-8,11-12,15-18H2,1-4H3/t22-/m0/s1. The summed E-state index contributed by atoms with van der Waals surface area (Å²) in [7, 11) is 1.75. The maximum atomic E-state index is 5.77. The third kappa shape index (κ3) is 4.62. The molecule has 31 heavy (non-hydrogen) atoms. The molecule has 2 aliphatic rings. The number of rotatable bonds is 7. The van der Waals surface area contributed by atoms with E-state index >= 15 is 0 Å². The lowest BCUT2D eigenvalue weighted by Crippen LogP contribution is -2.52. The molecule has 1 aromatic carbocycles. The molecule has 0 unspecified atom stereocenters. The predicted octanol–water partition coefficient (Wildman–Crippen LogP) is 3.87. The molecule has 1 saturated heterocycles. The fourth-order valence-electron chi connectivity index (χ4n) is 5.14. The van der Waals surface area contributed by atoms with Gasteiger partial charge in [0.2, 0.25) is 0 Å². The van der Waals surface area contributed by atoms with Crippen LogP contribution in [-0.4, -0.2) is 69.3 Å². The van der Waals surface area contributed by atoms with E-state index in [0.29, 0.717) is 0 Å². The van der Waals surface area contributed by atoms with Crippen molar-refractivity contribution in [2.45, 2.75) is 76.9 Å². The van der Waals surface area contributed by atoms with Crippen LogP contribution in [0.25, 0.3) is 0 Å². The van der Waals surface area contributed by atoms with E-state index in [4.69, 9.17) is 4.74 Å². The number of methoxy groups -OCH3 is 1. The monoisotopic (exact) mass is 426 g/mol. The smallest absolute Gasteiger partial charge is 0.173 e. The summed E-state index contributed by atoms with van der Waals surface area (Å²) < 4.78 is 7.79. The van der Waals surface area contributed by atoms with Gasteiger partial charge in [0.05, 0.1) is 12.6 Å². The van der Waals surface area contributed by atoms with Gasteiger partial charge in [0, 0.05) is 37.8 Å². The van der Waals surface area contributed by atoms with Crippen molar-refractivity contribution in [1.82, 2.24) is 30.0 Å². The summed E-state index contributed by atoms with van der Waals surface area (Å²) >= 11 is 0. The Kier molecular flexibility index (Phi) is 6.92. The van der Waals surface area contributed by atoms with E-state index in [1.54, 1.807) is 7.11 Å².